The first-order valence-electron chi connectivity index (χ1n) is 6.28. The van der Waals surface area contributed by atoms with Crippen molar-refractivity contribution >= 4 is 11.4 Å². The molecule has 0 fully saturated rings. The van der Waals surface area contributed by atoms with Crippen molar-refractivity contribution in [3.05, 3.63) is 53.6 Å². The van der Waals surface area contributed by atoms with E-state index in [0.717, 1.165) is 25.8 Å². The molecule has 0 heterocycles. The number of benzene rings is 2. The van der Waals surface area contributed by atoms with Crippen LogP contribution in [-0.2, 0) is 6.54 Å². The summed E-state index contributed by atoms with van der Waals surface area (Å²) in [5, 5.41) is 2.93. The van der Waals surface area contributed by atoms with Crippen molar-refractivity contribution in [2.45, 2.75) is 6.54 Å². The summed E-state index contributed by atoms with van der Waals surface area (Å²) in [5.74, 6) is -2.47. The van der Waals surface area contributed by atoms with E-state index in [4.69, 9.17) is 0 Å². The second-order valence-corrected chi connectivity index (χ2v) is 4.42. The maximum absolute atomic E-state index is 14.2. The molecule has 0 saturated heterocycles. The predicted molar refractivity (Wildman–Crippen MR) is 76.2 cm³/mol. The highest BCUT2D eigenvalue weighted by Gasteiger charge is 2.21. The Morgan fingerprint density at radius 1 is 1.19 bits per heavy atom. The van der Waals surface area contributed by atoms with Gasteiger partial charge in [0.05, 0.1) is 12.8 Å². The summed E-state index contributed by atoms with van der Waals surface area (Å²) in [5.41, 5.74) is 0.497. The molecule has 0 atom stereocenters. The van der Waals surface area contributed by atoms with Crippen LogP contribution in [0, 0.1) is 11.6 Å². The van der Waals surface area contributed by atoms with E-state index in [1.54, 1.807) is 0 Å². The van der Waals surface area contributed by atoms with Gasteiger partial charge in [-0.15, -0.1) is 4.48 Å². The summed E-state index contributed by atoms with van der Waals surface area (Å²) in [7, 11) is 2.22. The lowest BCUT2D eigenvalue weighted by atomic mass is 10.2. The van der Waals surface area contributed by atoms with E-state index < -0.39 is 17.4 Å². The van der Waals surface area contributed by atoms with Crippen LogP contribution < -0.4 is 15.2 Å². The fourth-order valence-electron chi connectivity index (χ4n) is 1.97. The fourth-order valence-corrected chi connectivity index (χ4v) is 1.97. The van der Waals surface area contributed by atoms with E-state index >= 15 is 0 Å². The zero-order valence-electron chi connectivity index (χ0n) is 11.7. The lowest BCUT2D eigenvalue weighted by Gasteiger charge is -2.18. The monoisotopic (exact) mass is 296 g/mol. The zero-order valence-corrected chi connectivity index (χ0v) is 11.7. The second-order valence-electron chi connectivity index (χ2n) is 4.42. The number of hydrogen-bond acceptors (Lipinski definition) is 3. The summed E-state index contributed by atoms with van der Waals surface area (Å²) < 4.78 is 46.0. The normalized spacial score (nSPS) is 10.3. The van der Waals surface area contributed by atoms with Crippen molar-refractivity contribution in [3.63, 3.8) is 0 Å². The molecule has 0 aliphatic carbocycles. The Balaban J connectivity index is 2.36. The minimum absolute atomic E-state index is 0.151. The van der Waals surface area contributed by atoms with E-state index in [-0.39, 0.29) is 23.0 Å². The third-order valence-corrected chi connectivity index (χ3v) is 3.00. The molecule has 0 spiro atoms. The van der Waals surface area contributed by atoms with Crippen molar-refractivity contribution in [2.24, 2.45) is 0 Å². The molecule has 0 bridgehead atoms. The Morgan fingerprint density at radius 2 is 1.86 bits per heavy atom. The molecule has 3 nitrogen and oxygen atoms in total. The number of rotatable bonds is 5. The molecule has 1 N–H and O–H groups in total. The Bertz CT molecular complexity index is 618. The number of methoxy groups -OCH3 is 1. The summed E-state index contributed by atoms with van der Waals surface area (Å²) >= 11 is 0. The Kier molecular flexibility index (Phi) is 4.57. The maximum atomic E-state index is 14.2. The molecule has 112 valence electrons. The van der Waals surface area contributed by atoms with Crippen LogP contribution in [0.5, 0.6) is 5.75 Å². The van der Waals surface area contributed by atoms with Gasteiger partial charge in [0, 0.05) is 19.7 Å². The van der Waals surface area contributed by atoms with Crippen LogP contribution in [0.25, 0.3) is 0 Å². The van der Waals surface area contributed by atoms with Gasteiger partial charge in [0.15, 0.2) is 17.4 Å². The zero-order chi connectivity index (χ0) is 15.4. The van der Waals surface area contributed by atoms with Crippen molar-refractivity contribution in [2.75, 3.05) is 24.6 Å². The molecule has 0 amide bonds. The topological polar surface area (TPSA) is 24.5 Å². The highest BCUT2D eigenvalue weighted by Crippen LogP contribution is 2.36. The van der Waals surface area contributed by atoms with Gasteiger partial charge in [-0.05, 0) is 5.56 Å². The van der Waals surface area contributed by atoms with Gasteiger partial charge in [-0.3, -0.25) is 0 Å². The predicted octanol–water partition coefficient (Wildman–Crippen LogP) is 3.91. The van der Waals surface area contributed by atoms with Gasteiger partial charge in [-0.25, -0.2) is 13.9 Å². The summed E-state index contributed by atoms with van der Waals surface area (Å²) in [6, 6.07) is 10.1. The first kappa shape index (κ1) is 15.0. The van der Waals surface area contributed by atoms with E-state index in [0.29, 0.717) is 0 Å². The first-order chi connectivity index (χ1) is 10.0. The van der Waals surface area contributed by atoms with Crippen molar-refractivity contribution in [1.82, 2.24) is 0 Å². The molecule has 2 aromatic rings. The lowest BCUT2D eigenvalue weighted by Crippen LogP contribution is -2.11. The Hall–Kier alpha value is -2.37. The van der Waals surface area contributed by atoms with Crippen LogP contribution in [0.1, 0.15) is 5.56 Å². The van der Waals surface area contributed by atoms with Gasteiger partial charge in [0.2, 0.25) is 0 Å². The molecule has 0 unspecified atom stereocenters. The van der Waals surface area contributed by atoms with E-state index in [2.05, 4.69) is 10.1 Å². The largest absolute Gasteiger partial charge is 0.491 e. The highest BCUT2D eigenvalue weighted by atomic mass is 19.2. The third kappa shape index (κ3) is 3.21. The van der Waals surface area contributed by atoms with Crippen molar-refractivity contribution in [1.29, 1.82) is 0 Å². The average molecular weight is 296 g/mol. The van der Waals surface area contributed by atoms with Gasteiger partial charge < -0.3 is 10.1 Å². The van der Waals surface area contributed by atoms with E-state index in [9.17, 15) is 13.3 Å². The highest BCUT2D eigenvalue weighted by molar-refractivity contribution is 5.72. The van der Waals surface area contributed by atoms with Crippen LogP contribution in [0.15, 0.2) is 36.4 Å². The van der Waals surface area contributed by atoms with Gasteiger partial charge in [0.25, 0.3) is 0 Å². The molecule has 0 aliphatic rings. The molecular formula is C15H15F3N2O. The van der Waals surface area contributed by atoms with Crippen LogP contribution >= 0.6 is 0 Å². The second kappa shape index (κ2) is 6.39. The van der Waals surface area contributed by atoms with Crippen molar-refractivity contribution < 1.29 is 18.0 Å². The van der Waals surface area contributed by atoms with E-state index in [1.807, 2.05) is 30.3 Å². The quantitative estimate of drug-likeness (QED) is 0.847. The summed E-state index contributed by atoms with van der Waals surface area (Å²) in [4.78, 5) is 0. The molecule has 2 aromatic carbocycles. The molecule has 0 radical (unpaired) electrons. The number of hydrogen-bond donors (Lipinski definition) is 1. The molecule has 0 aromatic heterocycles. The average Bonchev–Trinajstić information content (AvgIpc) is 2.47. The summed E-state index contributed by atoms with van der Waals surface area (Å²) in [6.07, 6.45) is 0. The SMILES string of the molecule is COc1c(F)cc(N(C)F)c(NCc2ccccc2)c1F. The van der Waals surface area contributed by atoms with Gasteiger partial charge >= 0.3 is 0 Å². The lowest BCUT2D eigenvalue weighted by molar-refractivity contribution is 0.359. The minimum atomic E-state index is -0.965. The smallest absolute Gasteiger partial charge is 0.193 e. The van der Waals surface area contributed by atoms with Gasteiger partial charge in [0.1, 0.15) is 5.69 Å². The van der Waals surface area contributed by atoms with Crippen LogP contribution in [0.4, 0.5) is 24.6 Å². The Morgan fingerprint density at radius 3 is 2.43 bits per heavy atom. The fraction of sp³-hybridized carbons (Fsp3) is 0.200. The molecule has 21 heavy (non-hydrogen) atoms. The minimum Gasteiger partial charge on any atom is -0.491 e. The van der Waals surface area contributed by atoms with Crippen molar-refractivity contribution in [3.8, 4) is 5.75 Å². The number of nitrogens with zero attached hydrogens (tertiary/aromatic N) is 1. The number of halogens is 3. The van der Waals surface area contributed by atoms with Gasteiger partial charge in [-0.1, -0.05) is 30.3 Å². The van der Waals surface area contributed by atoms with Crippen LogP contribution in [0.3, 0.4) is 0 Å². The molecular weight excluding hydrogens is 281 g/mol. The molecule has 0 aliphatic heterocycles. The van der Waals surface area contributed by atoms with Gasteiger partial charge in [-0.2, -0.15) is 0 Å². The Labute approximate surface area is 120 Å². The standard InChI is InChI=1S/C15H15F3N2O/c1-20(18)12-8-11(16)15(21-2)13(17)14(12)19-9-10-6-4-3-5-7-10/h3-8,19H,9H2,1-2H3. The van der Waals surface area contributed by atoms with Crippen LogP contribution in [0.2, 0.25) is 0 Å². The molecule has 6 heteroatoms. The summed E-state index contributed by atoms with van der Waals surface area (Å²) in [6.45, 7) is 0.271. The number of nitrogens with one attached hydrogen (secondary N) is 1. The molecule has 0 saturated carbocycles. The number of anilines is 2. The van der Waals surface area contributed by atoms with Crippen LogP contribution in [-0.4, -0.2) is 14.2 Å². The maximum Gasteiger partial charge on any atom is 0.193 e. The molecule has 2 rings (SSSR count). The number of ether oxygens (including phenoxy) is 1. The van der Waals surface area contributed by atoms with E-state index in [1.165, 1.54) is 0 Å². The third-order valence-electron chi connectivity index (χ3n) is 3.00. The first-order valence-corrected chi connectivity index (χ1v) is 6.28.